The van der Waals surface area contributed by atoms with Crippen LogP contribution >= 0.6 is 31.9 Å². The van der Waals surface area contributed by atoms with Crippen molar-refractivity contribution >= 4 is 37.5 Å². The molecule has 0 aliphatic carbocycles. The largest absolute Gasteiger partial charge is 0.383 e. The van der Waals surface area contributed by atoms with Crippen LogP contribution in [0.2, 0.25) is 0 Å². The van der Waals surface area contributed by atoms with Gasteiger partial charge in [0.1, 0.15) is 0 Å². The highest BCUT2D eigenvalue weighted by Crippen LogP contribution is 2.32. The van der Waals surface area contributed by atoms with Gasteiger partial charge in [-0.25, -0.2) is 0 Å². The first kappa shape index (κ1) is 16.0. The van der Waals surface area contributed by atoms with Gasteiger partial charge in [0, 0.05) is 15.5 Å². The molecule has 3 heteroatoms. The van der Waals surface area contributed by atoms with Crippen LogP contribution < -0.4 is 5.32 Å². The fraction of sp³-hybridized carbons (Fsp3) is 0.600. The van der Waals surface area contributed by atoms with Gasteiger partial charge < -0.3 is 5.32 Å². The number of hydrogen-bond donors (Lipinski definition) is 1. The molecule has 1 aromatic rings. The van der Waals surface area contributed by atoms with E-state index in [1.165, 1.54) is 49.8 Å². The minimum atomic E-state index is 1.05. The SMILES string of the molecule is CCCCCCCCNc1c(Br)cc(C)cc1Br. The zero-order valence-electron chi connectivity index (χ0n) is 11.4. The zero-order valence-corrected chi connectivity index (χ0v) is 14.5. The third-order valence-electron chi connectivity index (χ3n) is 3.02. The Bertz CT molecular complexity index is 341. The second-order valence-corrected chi connectivity index (χ2v) is 6.51. The highest BCUT2D eigenvalue weighted by Gasteiger charge is 2.05. The molecule has 0 amide bonds. The van der Waals surface area contributed by atoms with Crippen molar-refractivity contribution in [2.45, 2.75) is 52.4 Å². The number of halogens is 2. The molecule has 0 aromatic heterocycles. The number of rotatable bonds is 8. The summed E-state index contributed by atoms with van der Waals surface area (Å²) in [5.74, 6) is 0. The molecule has 102 valence electrons. The van der Waals surface area contributed by atoms with Crippen LogP contribution in [0.4, 0.5) is 5.69 Å². The van der Waals surface area contributed by atoms with Gasteiger partial charge in [0.15, 0.2) is 0 Å². The molecule has 0 aliphatic heterocycles. The number of anilines is 1. The van der Waals surface area contributed by atoms with Crippen molar-refractivity contribution in [3.63, 3.8) is 0 Å². The summed E-state index contributed by atoms with van der Waals surface area (Å²) >= 11 is 7.22. The van der Waals surface area contributed by atoms with E-state index in [0.29, 0.717) is 0 Å². The summed E-state index contributed by atoms with van der Waals surface area (Å²) < 4.78 is 2.28. The van der Waals surface area contributed by atoms with E-state index in [-0.39, 0.29) is 0 Å². The van der Waals surface area contributed by atoms with Crippen LogP contribution in [0.3, 0.4) is 0 Å². The van der Waals surface area contributed by atoms with Crippen molar-refractivity contribution in [1.82, 2.24) is 0 Å². The third kappa shape index (κ3) is 5.75. The summed E-state index contributed by atoms with van der Waals surface area (Å²) in [6.07, 6.45) is 8.02. The minimum absolute atomic E-state index is 1.05. The van der Waals surface area contributed by atoms with Crippen LogP contribution in [0.15, 0.2) is 21.1 Å². The molecular formula is C15H23Br2N. The number of aryl methyl sites for hydroxylation is 1. The lowest BCUT2D eigenvalue weighted by Gasteiger charge is -2.11. The second-order valence-electron chi connectivity index (χ2n) is 4.80. The van der Waals surface area contributed by atoms with Gasteiger partial charge in [-0.3, -0.25) is 0 Å². The Hall–Kier alpha value is -0.0200. The molecule has 0 radical (unpaired) electrons. The number of unbranched alkanes of at least 4 members (excludes halogenated alkanes) is 5. The molecule has 0 fully saturated rings. The summed E-state index contributed by atoms with van der Waals surface area (Å²) in [5, 5.41) is 3.51. The van der Waals surface area contributed by atoms with Gasteiger partial charge in [0.25, 0.3) is 0 Å². The summed E-state index contributed by atoms with van der Waals surface area (Å²) in [6, 6.07) is 4.29. The Kier molecular flexibility index (Phi) is 8.00. The predicted molar refractivity (Wildman–Crippen MR) is 88.4 cm³/mol. The van der Waals surface area contributed by atoms with Crippen molar-refractivity contribution < 1.29 is 0 Å². The number of hydrogen-bond acceptors (Lipinski definition) is 1. The molecule has 1 rings (SSSR count). The lowest BCUT2D eigenvalue weighted by Crippen LogP contribution is -2.03. The zero-order chi connectivity index (χ0) is 13.4. The lowest BCUT2D eigenvalue weighted by molar-refractivity contribution is 0.617. The van der Waals surface area contributed by atoms with Crippen molar-refractivity contribution in [2.75, 3.05) is 11.9 Å². The highest BCUT2D eigenvalue weighted by molar-refractivity contribution is 9.11. The molecular weight excluding hydrogens is 354 g/mol. The normalized spacial score (nSPS) is 10.7. The molecule has 1 N–H and O–H groups in total. The Morgan fingerprint density at radius 3 is 2.11 bits per heavy atom. The standard InChI is InChI=1S/C15H23Br2N/c1-3-4-5-6-7-8-9-18-15-13(16)10-12(2)11-14(15)17/h10-11,18H,3-9H2,1-2H3. The van der Waals surface area contributed by atoms with Crippen molar-refractivity contribution in [3.8, 4) is 0 Å². The van der Waals surface area contributed by atoms with E-state index in [1.807, 2.05) is 0 Å². The molecule has 0 unspecified atom stereocenters. The first-order valence-electron chi connectivity index (χ1n) is 6.84. The number of nitrogens with one attached hydrogen (secondary N) is 1. The summed E-state index contributed by atoms with van der Waals surface area (Å²) in [7, 11) is 0. The van der Waals surface area contributed by atoms with Gasteiger partial charge in [-0.15, -0.1) is 0 Å². The van der Waals surface area contributed by atoms with E-state index in [4.69, 9.17) is 0 Å². The fourth-order valence-corrected chi connectivity index (χ4v) is 3.68. The van der Waals surface area contributed by atoms with Gasteiger partial charge in [-0.1, -0.05) is 39.0 Å². The lowest BCUT2D eigenvalue weighted by atomic mass is 10.1. The monoisotopic (exact) mass is 375 g/mol. The molecule has 1 aromatic carbocycles. The van der Waals surface area contributed by atoms with Crippen LogP contribution in [0.25, 0.3) is 0 Å². The van der Waals surface area contributed by atoms with Gasteiger partial charge >= 0.3 is 0 Å². The quantitative estimate of drug-likeness (QED) is 0.525. The highest BCUT2D eigenvalue weighted by atomic mass is 79.9. The van der Waals surface area contributed by atoms with Crippen LogP contribution in [-0.2, 0) is 0 Å². The Balaban J connectivity index is 2.27. The molecule has 1 nitrogen and oxygen atoms in total. The summed E-state index contributed by atoms with van der Waals surface area (Å²) in [5.41, 5.74) is 2.44. The molecule has 0 saturated carbocycles. The van der Waals surface area contributed by atoms with Crippen molar-refractivity contribution in [1.29, 1.82) is 0 Å². The molecule has 0 spiro atoms. The van der Waals surface area contributed by atoms with Crippen LogP contribution in [0.1, 0.15) is 51.0 Å². The molecule has 0 heterocycles. The van der Waals surface area contributed by atoms with Gasteiger partial charge in [-0.05, 0) is 62.9 Å². The fourth-order valence-electron chi connectivity index (χ4n) is 1.99. The third-order valence-corrected chi connectivity index (χ3v) is 4.27. The van der Waals surface area contributed by atoms with E-state index >= 15 is 0 Å². The topological polar surface area (TPSA) is 12.0 Å². The Labute approximate surface area is 128 Å². The Morgan fingerprint density at radius 2 is 1.50 bits per heavy atom. The maximum Gasteiger partial charge on any atom is 0.0629 e. The maximum absolute atomic E-state index is 3.61. The van der Waals surface area contributed by atoms with E-state index in [2.05, 4.69) is 63.2 Å². The van der Waals surface area contributed by atoms with Gasteiger partial charge in [0.05, 0.1) is 5.69 Å². The van der Waals surface area contributed by atoms with Crippen LogP contribution in [0.5, 0.6) is 0 Å². The molecule has 0 atom stereocenters. The molecule has 0 saturated heterocycles. The van der Waals surface area contributed by atoms with E-state index < -0.39 is 0 Å². The van der Waals surface area contributed by atoms with Crippen molar-refractivity contribution in [3.05, 3.63) is 26.6 Å². The predicted octanol–water partition coefficient (Wildman–Crippen LogP) is 6.29. The first-order valence-corrected chi connectivity index (χ1v) is 8.43. The first-order chi connectivity index (χ1) is 8.65. The molecule has 18 heavy (non-hydrogen) atoms. The minimum Gasteiger partial charge on any atom is -0.383 e. The van der Waals surface area contributed by atoms with Gasteiger partial charge in [0.2, 0.25) is 0 Å². The van der Waals surface area contributed by atoms with Crippen LogP contribution in [-0.4, -0.2) is 6.54 Å². The Morgan fingerprint density at radius 1 is 0.944 bits per heavy atom. The smallest absolute Gasteiger partial charge is 0.0629 e. The number of benzene rings is 1. The average Bonchev–Trinajstić information content (AvgIpc) is 2.30. The van der Waals surface area contributed by atoms with E-state index in [9.17, 15) is 0 Å². The average molecular weight is 377 g/mol. The summed E-state index contributed by atoms with van der Waals surface area (Å²) in [6.45, 7) is 5.41. The second kappa shape index (κ2) is 8.98. The van der Waals surface area contributed by atoms with Crippen molar-refractivity contribution in [2.24, 2.45) is 0 Å². The van der Waals surface area contributed by atoms with Crippen LogP contribution in [0, 0.1) is 6.92 Å². The maximum atomic E-state index is 3.61. The van der Waals surface area contributed by atoms with Gasteiger partial charge in [-0.2, -0.15) is 0 Å². The van der Waals surface area contributed by atoms with E-state index in [0.717, 1.165) is 15.5 Å². The molecule has 0 bridgehead atoms. The molecule has 0 aliphatic rings. The van der Waals surface area contributed by atoms with E-state index in [1.54, 1.807) is 0 Å². The summed E-state index contributed by atoms with van der Waals surface area (Å²) in [4.78, 5) is 0.